The second-order valence-corrected chi connectivity index (χ2v) is 1.80. The van der Waals surface area contributed by atoms with Gasteiger partial charge in [0, 0.05) is 6.92 Å². The normalized spacial score (nSPS) is 9.27. The highest BCUT2D eigenvalue weighted by atomic mass is 16.6. The minimum absolute atomic E-state index is 0.167. The van der Waals surface area contributed by atoms with Crippen LogP contribution in [0.5, 0.6) is 5.88 Å². The van der Waals surface area contributed by atoms with Crippen LogP contribution in [0.3, 0.4) is 0 Å². The van der Waals surface area contributed by atoms with Crippen molar-refractivity contribution in [3.05, 3.63) is 0 Å². The lowest BCUT2D eigenvalue weighted by atomic mass is 10.6. The number of carbonyl (C=O) groups is 1. The number of ether oxygens (including phenoxy) is 1. The Morgan fingerprint density at radius 3 is 2.91 bits per heavy atom. The standard InChI is InChI=1S/C5H7N3O3/c1-3(9)6-4-5(10-2)8-11-7-4/h1-2H3,(H,6,7,9). The van der Waals surface area contributed by atoms with Crippen molar-refractivity contribution in [2.75, 3.05) is 12.4 Å². The van der Waals surface area contributed by atoms with E-state index in [4.69, 9.17) is 4.74 Å². The number of aromatic nitrogens is 2. The predicted molar refractivity (Wildman–Crippen MR) is 35.2 cm³/mol. The molecular weight excluding hydrogens is 150 g/mol. The number of nitrogens with zero attached hydrogens (tertiary/aromatic N) is 2. The molecule has 0 saturated heterocycles. The zero-order valence-corrected chi connectivity index (χ0v) is 6.12. The van der Waals surface area contributed by atoms with Gasteiger partial charge in [-0.3, -0.25) is 4.79 Å². The minimum atomic E-state index is -0.251. The van der Waals surface area contributed by atoms with Gasteiger partial charge in [0.15, 0.2) is 0 Å². The molecule has 1 N–H and O–H groups in total. The Balaban J connectivity index is 2.76. The van der Waals surface area contributed by atoms with Crippen molar-refractivity contribution in [3.63, 3.8) is 0 Å². The Morgan fingerprint density at radius 2 is 2.36 bits per heavy atom. The van der Waals surface area contributed by atoms with E-state index in [2.05, 4.69) is 20.3 Å². The van der Waals surface area contributed by atoms with Crippen molar-refractivity contribution in [1.29, 1.82) is 0 Å². The van der Waals surface area contributed by atoms with Gasteiger partial charge in [-0.15, -0.1) is 0 Å². The van der Waals surface area contributed by atoms with Gasteiger partial charge >= 0.3 is 5.88 Å². The van der Waals surface area contributed by atoms with Crippen LogP contribution in [0, 0.1) is 0 Å². The van der Waals surface area contributed by atoms with Gasteiger partial charge in [-0.05, 0) is 10.3 Å². The molecule has 0 aliphatic rings. The number of rotatable bonds is 2. The first-order chi connectivity index (χ1) is 5.24. The number of hydrogen-bond acceptors (Lipinski definition) is 5. The fourth-order valence-electron chi connectivity index (χ4n) is 0.558. The van der Waals surface area contributed by atoms with Gasteiger partial charge in [-0.1, -0.05) is 0 Å². The molecule has 0 fully saturated rings. The third-order valence-corrected chi connectivity index (χ3v) is 0.946. The molecule has 0 aliphatic heterocycles. The average Bonchev–Trinajstić information content (AvgIpc) is 2.34. The number of carbonyl (C=O) groups excluding carboxylic acids is 1. The summed E-state index contributed by atoms with van der Waals surface area (Å²) in [6.07, 6.45) is 0. The molecule has 6 nitrogen and oxygen atoms in total. The van der Waals surface area contributed by atoms with Crippen LogP contribution in [-0.4, -0.2) is 23.3 Å². The summed E-state index contributed by atoms with van der Waals surface area (Å²) >= 11 is 0. The Kier molecular flexibility index (Phi) is 2.05. The molecule has 60 valence electrons. The van der Waals surface area contributed by atoms with Crippen LogP contribution in [0.25, 0.3) is 0 Å². The SMILES string of the molecule is COc1nonc1NC(C)=O. The average molecular weight is 157 g/mol. The van der Waals surface area contributed by atoms with E-state index in [9.17, 15) is 4.79 Å². The highest BCUT2D eigenvalue weighted by Gasteiger charge is 2.09. The molecule has 0 unspecified atom stereocenters. The molecule has 1 aromatic heterocycles. The lowest BCUT2D eigenvalue weighted by Gasteiger charge is -1.95. The van der Waals surface area contributed by atoms with Crippen LogP contribution in [0.15, 0.2) is 4.63 Å². The largest absolute Gasteiger partial charge is 0.476 e. The highest BCUT2D eigenvalue weighted by molar-refractivity contribution is 5.88. The van der Waals surface area contributed by atoms with Crippen molar-refractivity contribution in [2.45, 2.75) is 6.92 Å². The second kappa shape index (κ2) is 3.00. The van der Waals surface area contributed by atoms with Gasteiger partial charge in [-0.2, -0.15) is 0 Å². The summed E-state index contributed by atoms with van der Waals surface area (Å²) in [5.41, 5.74) is 0. The molecule has 0 bridgehead atoms. The van der Waals surface area contributed by atoms with E-state index >= 15 is 0 Å². The summed E-state index contributed by atoms with van der Waals surface area (Å²) in [5, 5.41) is 9.12. The Hall–Kier alpha value is -1.59. The van der Waals surface area contributed by atoms with Gasteiger partial charge in [0.1, 0.15) is 0 Å². The first-order valence-electron chi connectivity index (χ1n) is 2.88. The van der Waals surface area contributed by atoms with E-state index in [0.29, 0.717) is 0 Å². The van der Waals surface area contributed by atoms with E-state index in [1.54, 1.807) is 0 Å². The maximum atomic E-state index is 10.5. The summed E-state index contributed by atoms with van der Waals surface area (Å²) < 4.78 is 9.00. The number of anilines is 1. The van der Waals surface area contributed by atoms with Crippen molar-refractivity contribution < 1.29 is 14.2 Å². The molecule has 1 aromatic rings. The monoisotopic (exact) mass is 157 g/mol. The molecule has 0 saturated carbocycles. The summed E-state index contributed by atoms with van der Waals surface area (Å²) in [7, 11) is 1.41. The smallest absolute Gasteiger partial charge is 0.300 e. The lowest BCUT2D eigenvalue weighted by Crippen LogP contribution is -2.06. The van der Waals surface area contributed by atoms with E-state index in [1.165, 1.54) is 14.0 Å². The van der Waals surface area contributed by atoms with E-state index in [0.717, 1.165) is 0 Å². The van der Waals surface area contributed by atoms with E-state index in [1.807, 2.05) is 0 Å². The molecular formula is C5H7N3O3. The number of nitrogens with one attached hydrogen (secondary N) is 1. The first kappa shape index (κ1) is 7.52. The van der Waals surface area contributed by atoms with Gasteiger partial charge in [0.05, 0.1) is 7.11 Å². The zero-order chi connectivity index (χ0) is 8.27. The van der Waals surface area contributed by atoms with Crippen LogP contribution in [0.2, 0.25) is 0 Å². The second-order valence-electron chi connectivity index (χ2n) is 1.80. The molecule has 1 rings (SSSR count). The fourth-order valence-corrected chi connectivity index (χ4v) is 0.558. The van der Waals surface area contributed by atoms with Crippen molar-refractivity contribution in [2.24, 2.45) is 0 Å². The van der Waals surface area contributed by atoms with Crippen molar-refractivity contribution >= 4 is 11.7 Å². The van der Waals surface area contributed by atoms with Crippen LogP contribution in [0.1, 0.15) is 6.92 Å². The molecule has 6 heteroatoms. The quantitative estimate of drug-likeness (QED) is 0.655. The summed E-state index contributed by atoms with van der Waals surface area (Å²) in [6.45, 7) is 1.36. The summed E-state index contributed by atoms with van der Waals surface area (Å²) in [4.78, 5) is 10.5. The lowest BCUT2D eigenvalue weighted by molar-refractivity contribution is -0.114. The molecule has 1 heterocycles. The molecule has 0 atom stereocenters. The third-order valence-electron chi connectivity index (χ3n) is 0.946. The number of amides is 1. The summed E-state index contributed by atoms with van der Waals surface area (Å²) in [5.74, 6) is 0.110. The van der Waals surface area contributed by atoms with E-state index in [-0.39, 0.29) is 17.6 Å². The topological polar surface area (TPSA) is 77.2 Å². The Labute approximate surface area is 62.5 Å². The van der Waals surface area contributed by atoms with Gasteiger partial charge < -0.3 is 10.1 Å². The van der Waals surface area contributed by atoms with Crippen LogP contribution in [-0.2, 0) is 4.79 Å². The third kappa shape index (κ3) is 1.66. The molecule has 0 aromatic carbocycles. The minimum Gasteiger partial charge on any atom is -0.476 e. The van der Waals surface area contributed by atoms with Gasteiger partial charge in [0.25, 0.3) is 0 Å². The molecule has 11 heavy (non-hydrogen) atoms. The molecule has 1 amide bonds. The maximum absolute atomic E-state index is 10.5. The molecule has 0 aliphatic carbocycles. The first-order valence-corrected chi connectivity index (χ1v) is 2.88. The maximum Gasteiger partial charge on any atom is 0.300 e. The van der Waals surface area contributed by atoms with Crippen LogP contribution < -0.4 is 10.1 Å². The Bertz CT molecular complexity index is 257. The zero-order valence-electron chi connectivity index (χ0n) is 6.12. The predicted octanol–water partition coefficient (Wildman–Crippen LogP) is 0.0366. The van der Waals surface area contributed by atoms with E-state index < -0.39 is 0 Å². The molecule has 0 spiro atoms. The van der Waals surface area contributed by atoms with Gasteiger partial charge in [0.2, 0.25) is 11.7 Å². The number of methoxy groups -OCH3 is 1. The van der Waals surface area contributed by atoms with Crippen molar-refractivity contribution in [3.8, 4) is 5.88 Å². The van der Waals surface area contributed by atoms with Gasteiger partial charge in [-0.25, -0.2) is 4.63 Å². The Morgan fingerprint density at radius 1 is 1.64 bits per heavy atom. The number of hydrogen-bond donors (Lipinski definition) is 1. The fraction of sp³-hybridized carbons (Fsp3) is 0.400. The van der Waals surface area contributed by atoms with Crippen LogP contribution >= 0.6 is 0 Å². The van der Waals surface area contributed by atoms with Crippen LogP contribution in [0.4, 0.5) is 5.82 Å². The van der Waals surface area contributed by atoms with Crippen molar-refractivity contribution in [1.82, 2.24) is 10.3 Å². The molecule has 0 radical (unpaired) electrons. The summed E-state index contributed by atoms with van der Waals surface area (Å²) in [6, 6.07) is 0. The highest BCUT2D eigenvalue weighted by Crippen LogP contribution is 2.16.